The fourth-order valence-electron chi connectivity index (χ4n) is 3.60. The van der Waals surface area contributed by atoms with Crippen LogP contribution in [0.2, 0.25) is 0 Å². The lowest BCUT2D eigenvalue weighted by atomic mass is 10.1. The van der Waals surface area contributed by atoms with E-state index in [0.29, 0.717) is 5.69 Å². The van der Waals surface area contributed by atoms with Crippen LogP contribution in [-0.4, -0.2) is 22.9 Å². The zero-order valence-corrected chi connectivity index (χ0v) is 19.6. The van der Waals surface area contributed by atoms with Crippen molar-refractivity contribution in [3.8, 4) is 0 Å². The molecular weight excluding hydrogens is 460 g/mol. The number of fused-ring (bicyclic) bond motifs is 1. The highest BCUT2D eigenvalue weighted by molar-refractivity contribution is 8.00. The molecule has 4 rings (SSSR count). The molecule has 0 aliphatic heterocycles. The minimum atomic E-state index is -1.02. The highest BCUT2D eigenvalue weighted by atomic mass is 32.2. The average Bonchev–Trinajstić information content (AvgIpc) is 2.86. The minimum absolute atomic E-state index is 0.104. The first kappa shape index (κ1) is 24.0. The van der Waals surface area contributed by atoms with Crippen LogP contribution in [0.4, 0.5) is 11.4 Å². The van der Waals surface area contributed by atoms with E-state index < -0.39 is 11.2 Å². The zero-order chi connectivity index (χ0) is 24.6. The Balaban J connectivity index is 1.53. The molecule has 1 unspecified atom stereocenters. The molecule has 2 amide bonds. The van der Waals surface area contributed by atoms with Gasteiger partial charge < -0.3 is 15.7 Å². The van der Waals surface area contributed by atoms with E-state index in [2.05, 4.69) is 10.6 Å². The summed E-state index contributed by atoms with van der Waals surface area (Å²) in [6.07, 6.45) is -0.335. The summed E-state index contributed by atoms with van der Waals surface area (Å²) in [5.74, 6) is -1.55. The molecular formula is C28H24N2O4S. The first-order chi connectivity index (χ1) is 17.0. The molecule has 6 nitrogen and oxygen atoms in total. The summed E-state index contributed by atoms with van der Waals surface area (Å²) in [5, 5.41) is 16.1. The first-order valence-electron chi connectivity index (χ1n) is 11.1. The quantitative estimate of drug-likeness (QED) is 0.249. The van der Waals surface area contributed by atoms with Crippen molar-refractivity contribution in [2.45, 2.75) is 23.0 Å². The van der Waals surface area contributed by atoms with Crippen molar-refractivity contribution in [1.82, 2.24) is 0 Å². The minimum Gasteiger partial charge on any atom is -0.481 e. The summed E-state index contributed by atoms with van der Waals surface area (Å²) < 4.78 is 0. The van der Waals surface area contributed by atoms with E-state index in [9.17, 15) is 14.4 Å². The van der Waals surface area contributed by atoms with Crippen molar-refractivity contribution in [3.05, 3.63) is 103 Å². The number of hydrogen-bond acceptors (Lipinski definition) is 4. The third kappa shape index (κ3) is 6.71. The molecule has 0 saturated heterocycles. The number of carbonyl (C=O) groups is 3. The maximum Gasteiger partial charge on any atom is 0.303 e. The van der Waals surface area contributed by atoms with Gasteiger partial charge in [0, 0.05) is 22.7 Å². The maximum absolute atomic E-state index is 13.4. The number of anilines is 2. The van der Waals surface area contributed by atoms with Gasteiger partial charge in [0.15, 0.2) is 0 Å². The van der Waals surface area contributed by atoms with Crippen molar-refractivity contribution in [1.29, 1.82) is 0 Å². The molecule has 1 atom stereocenters. The molecule has 4 aromatic carbocycles. The van der Waals surface area contributed by atoms with E-state index in [1.807, 2.05) is 78.9 Å². The lowest BCUT2D eigenvalue weighted by Gasteiger charge is -2.18. The highest BCUT2D eigenvalue weighted by Crippen LogP contribution is 2.37. The average molecular weight is 485 g/mol. The molecule has 0 fully saturated rings. The monoisotopic (exact) mass is 484 g/mol. The summed E-state index contributed by atoms with van der Waals surface area (Å²) in [7, 11) is 0. The molecule has 0 spiro atoms. The van der Waals surface area contributed by atoms with Crippen molar-refractivity contribution in [2.24, 2.45) is 0 Å². The summed E-state index contributed by atoms with van der Waals surface area (Å²) in [6, 6.07) is 30.5. The second kappa shape index (κ2) is 11.4. The van der Waals surface area contributed by atoms with Crippen molar-refractivity contribution in [3.63, 3.8) is 0 Å². The summed E-state index contributed by atoms with van der Waals surface area (Å²) >= 11 is 1.37. The predicted octanol–water partition coefficient (Wildman–Crippen LogP) is 6.12. The molecule has 0 heterocycles. The Morgan fingerprint density at radius 1 is 0.714 bits per heavy atom. The molecule has 0 bridgehead atoms. The van der Waals surface area contributed by atoms with Crippen LogP contribution < -0.4 is 10.6 Å². The van der Waals surface area contributed by atoms with Gasteiger partial charge in [-0.15, -0.1) is 11.8 Å². The van der Waals surface area contributed by atoms with Gasteiger partial charge in [-0.2, -0.15) is 0 Å². The molecule has 176 valence electrons. The molecule has 35 heavy (non-hydrogen) atoms. The second-order valence-electron chi connectivity index (χ2n) is 7.93. The van der Waals surface area contributed by atoms with Crippen LogP contribution in [0, 0.1) is 0 Å². The first-order valence-corrected chi connectivity index (χ1v) is 12.0. The van der Waals surface area contributed by atoms with Crippen molar-refractivity contribution in [2.75, 3.05) is 10.6 Å². The molecule has 0 aliphatic rings. The van der Waals surface area contributed by atoms with Gasteiger partial charge in [-0.25, -0.2) is 0 Å². The number of carbonyl (C=O) groups excluding carboxylic acids is 2. The Morgan fingerprint density at radius 3 is 2.20 bits per heavy atom. The van der Waals surface area contributed by atoms with E-state index in [1.165, 1.54) is 11.8 Å². The number of benzene rings is 4. The Labute approximate surface area is 207 Å². The fourth-order valence-corrected chi connectivity index (χ4v) is 4.69. The molecule has 3 N–H and O–H groups in total. The number of nitrogens with one attached hydrogen (secondary N) is 2. The number of amides is 2. The van der Waals surface area contributed by atoms with Gasteiger partial charge in [0.25, 0.3) is 0 Å². The number of carboxylic acid groups (broad SMARTS) is 1. The number of thioether (sulfide) groups is 1. The smallest absolute Gasteiger partial charge is 0.303 e. The summed E-state index contributed by atoms with van der Waals surface area (Å²) in [6.45, 7) is 0. The Hall–Kier alpha value is -4.10. The molecule has 0 aliphatic carbocycles. The molecule has 4 aromatic rings. The number of aliphatic carboxylic acids is 1. The van der Waals surface area contributed by atoms with E-state index in [-0.39, 0.29) is 24.7 Å². The Morgan fingerprint density at radius 2 is 1.43 bits per heavy atom. The van der Waals surface area contributed by atoms with Gasteiger partial charge in [-0.05, 0) is 46.7 Å². The second-order valence-corrected chi connectivity index (χ2v) is 9.11. The van der Waals surface area contributed by atoms with Crippen LogP contribution in [0.3, 0.4) is 0 Å². The molecule has 0 aromatic heterocycles. The van der Waals surface area contributed by atoms with Gasteiger partial charge in [-0.3, -0.25) is 14.4 Å². The van der Waals surface area contributed by atoms with Gasteiger partial charge >= 0.3 is 5.97 Å². The van der Waals surface area contributed by atoms with Crippen LogP contribution in [0.25, 0.3) is 10.8 Å². The fraction of sp³-hybridized carbons (Fsp3) is 0.107. The normalized spacial score (nSPS) is 11.5. The molecule has 7 heteroatoms. The molecule has 0 radical (unpaired) electrons. The van der Waals surface area contributed by atoms with Gasteiger partial charge in [0.05, 0.1) is 6.42 Å². The summed E-state index contributed by atoms with van der Waals surface area (Å²) in [4.78, 5) is 36.9. The van der Waals surface area contributed by atoms with Gasteiger partial charge in [-0.1, -0.05) is 66.7 Å². The van der Waals surface area contributed by atoms with Crippen LogP contribution >= 0.6 is 11.8 Å². The lowest BCUT2D eigenvalue weighted by Crippen LogP contribution is -2.19. The van der Waals surface area contributed by atoms with E-state index in [1.54, 1.807) is 18.2 Å². The summed E-state index contributed by atoms with van der Waals surface area (Å²) in [5.41, 5.74) is 2.12. The lowest BCUT2D eigenvalue weighted by molar-refractivity contribution is -0.138. The highest BCUT2D eigenvalue weighted by Gasteiger charge is 2.22. The Bertz CT molecular complexity index is 1360. The third-order valence-corrected chi connectivity index (χ3v) is 6.54. The standard InChI is InChI=1S/C28H24N2O4S/c31-25(15-16-26(32)33)29-22-11-6-12-24(18-22)35-27(20-8-2-1-3-9-20)28(34)30-23-14-13-19-7-4-5-10-21(19)17-23/h1-14,17-18,27H,15-16H2,(H,29,31)(H,30,34)(H,32,33). The van der Waals surface area contributed by atoms with Gasteiger partial charge in [0.2, 0.25) is 11.8 Å². The predicted molar refractivity (Wildman–Crippen MR) is 140 cm³/mol. The van der Waals surface area contributed by atoms with Crippen LogP contribution in [0.15, 0.2) is 102 Å². The third-order valence-electron chi connectivity index (χ3n) is 5.30. The number of carboxylic acids is 1. The van der Waals surface area contributed by atoms with Crippen LogP contribution in [-0.2, 0) is 14.4 Å². The van der Waals surface area contributed by atoms with Gasteiger partial charge in [0.1, 0.15) is 5.25 Å². The number of hydrogen-bond donors (Lipinski definition) is 3. The zero-order valence-electron chi connectivity index (χ0n) is 18.8. The van der Waals surface area contributed by atoms with E-state index in [4.69, 9.17) is 5.11 Å². The van der Waals surface area contributed by atoms with E-state index >= 15 is 0 Å². The van der Waals surface area contributed by atoms with Crippen molar-refractivity contribution < 1.29 is 19.5 Å². The SMILES string of the molecule is O=C(O)CCC(=O)Nc1cccc(SC(C(=O)Nc2ccc3ccccc3c2)c2ccccc2)c1. The van der Waals surface area contributed by atoms with Crippen LogP contribution in [0.5, 0.6) is 0 Å². The Kier molecular flexibility index (Phi) is 7.80. The number of rotatable bonds is 9. The maximum atomic E-state index is 13.4. The molecule has 0 saturated carbocycles. The topological polar surface area (TPSA) is 95.5 Å². The largest absolute Gasteiger partial charge is 0.481 e. The van der Waals surface area contributed by atoms with Crippen molar-refractivity contribution >= 4 is 51.7 Å². The van der Waals surface area contributed by atoms with E-state index in [0.717, 1.165) is 26.9 Å². The van der Waals surface area contributed by atoms with Crippen LogP contribution in [0.1, 0.15) is 23.7 Å².